The normalized spacial score (nSPS) is 22.1. The molecule has 20 heavy (non-hydrogen) atoms. The molecule has 0 spiro atoms. The van der Waals surface area contributed by atoms with Crippen LogP contribution in [-0.4, -0.2) is 48.3 Å². The van der Waals surface area contributed by atoms with Gasteiger partial charge in [0.15, 0.2) is 0 Å². The second-order valence-corrected chi connectivity index (χ2v) is 5.10. The van der Waals surface area contributed by atoms with E-state index in [1.165, 1.54) is 7.11 Å². The van der Waals surface area contributed by atoms with Crippen molar-refractivity contribution in [2.75, 3.05) is 20.2 Å². The van der Waals surface area contributed by atoms with Crippen LogP contribution in [0, 0.1) is 11.8 Å². The van der Waals surface area contributed by atoms with Gasteiger partial charge in [-0.15, -0.1) is 0 Å². The number of halogens is 1. The molecule has 0 amide bonds. The van der Waals surface area contributed by atoms with Crippen molar-refractivity contribution in [1.29, 1.82) is 0 Å². The summed E-state index contributed by atoms with van der Waals surface area (Å²) in [6.45, 7) is 0.856. The van der Waals surface area contributed by atoms with E-state index in [0.717, 1.165) is 5.56 Å². The molecule has 1 saturated heterocycles. The van der Waals surface area contributed by atoms with Gasteiger partial charge in [-0.25, -0.2) is 0 Å². The summed E-state index contributed by atoms with van der Waals surface area (Å²) in [7, 11) is 1.35. The zero-order valence-electron chi connectivity index (χ0n) is 11.2. The monoisotopic (exact) mass is 293 g/mol. The Kier molecular flexibility index (Phi) is 5.02. The summed E-state index contributed by atoms with van der Waals surface area (Å²) in [5, 5.41) is 10.3. The Morgan fingerprint density at radius 1 is 1.50 bits per heavy atom. The van der Waals surface area contributed by atoms with E-state index in [4.69, 9.17) is 16.3 Å². The van der Waals surface area contributed by atoms with E-state index in [2.05, 4.69) is 11.8 Å². The van der Waals surface area contributed by atoms with E-state index in [-0.39, 0.29) is 5.97 Å². The number of methoxy groups -OCH3 is 1. The summed E-state index contributed by atoms with van der Waals surface area (Å²) in [6.07, 6.45) is -0.105. The van der Waals surface area contributed by atoms with E-state index < -0.39 is 12.1 Å². The zero-order chi connectivity index (χ0) is 14.5. The van der Waals surface area contributed by atoms with E-state index >= 15 is 0 Å². The Bertz CT molecular complexity index is 532. The van der Waals surface area contributed by atoms with Gasteiger partial charge in [0.2, 0.25) is 0 Å². The van der Waals surface area contributed by atoms with Crippen LogP contribution < -0.4 is 0 Å². The molecule has 1 aliphatic heterocycles. The molecule has 1 aromatic rings. The minimum Gasteiger partial charge on any atom is -0.468 e. The average molecular weight is 294 g/mol. The smallest absolute Gasteiger partial charge is 0.323 e. The standard InChI is InChI=1S/C15H16ClNO3/c1-20-15(19)14-9-13(18)10-17(14)8-2-3-11-4-6-12(16)7-5-11/h4-7,13-14,18H,8-10H2,1H3/t13-,14+/m1/s1. The molecule has 106 valence electrons. The highest BCUT2D eigenvalue weighted by molar-refractivity contribution is 6.30. The first-order valence-corrected chi connectivity index (χ1v) is 6.72. The van der Waals surface area contributed by atoms with Crippen LogP contribution in [0.15, 0.2) is 24.3 Å². The van der Waals surface area contributed by atoms with Crippen molar-refractivity contribution in [2.45, 2.75) is 18.6 Å². The van der Waals surface area contributed by atoms with Gasteiger partial charge in [-0.2, -0.15) is 0 Å². The maximum Gasteiger partial charge on any atom is 0.323 e. The van der Waals surface area contributed by atoms with E-state index in [1.54, 1.807) is 12.1 Å². The topological polar surface area (TPSA) is 49.8 Å². The van der Waals surface area contributed by atoms with Crippen LogP contribution in [0.3, 0.4) is 0 Å². The highest BCUT2D eigenvalue weighted by Gasteiger charge is 2.36. The predicted octanol–water partition coefficient (Wildman–Crippen LogP) is 1.30. The van der Waals surface area contributed by atoms with Gasteiger partial charge in [-0.1, -0.05) is 23.4 Å². The number of β-amino-alcohol motifs (C(OH)–C–C–N with tert-alkyl or cyclic N) is 1. The van der Waals surface area contributed by atoms with Gasteiger partial charge in [0.25, 0.3) is 0 Å². The Labute approximate surface area is 123 Å². The number of carbonyl (C=O) groups excluding carboxylic acids is 1. The second kappa shape index (κ2) is 6.76. The van der Waals surface area contributed by atoms with E-state index in [0.29, 0.717) is 24.5 Å². The van der Waals surface area contributed by atoms with Gasteiger partial charge in [-0.3, -0.25) is 9.69 Å². The molecule has 0 saturated carbocycles. The summed E-state index contributed by atoms with van der Waals surface area (Å²) in [4.78, 5) is 13.4. The second-order valence-electron chi connectivity index (χ2n) is 4.67. The number of aliphatic hydroxyl groups is 1. The van der Waals surface area contributed by atoms with Gasteiger partial charge >= 0.3 is 5.97 Å². The van der Waals surface area contributed by atoms with Crippen molar-refractivity contribution in [1.82, 2.24) is 4.90 Å². The number of esters is 1. The fraction of sp³-hybridized carbons (Fsp3) is 0.400. The SMILES string of the molecule is COC(=O)[C@@H]1C[C@@H](O)CN1CC#Cc1ccc(Cl)cc1. The molecule has 0 bridgehead atoms. The lowest BCUT2D eigenvalue weighted by Gasteiger charge is -2.18. The molecule has 0 aromatic heterocycles. The Morgan fingerprint density at radius 2 is 2.20 bits per heavy atom. The number of ether oxygens (including phenoxy) is 1. The molecule has 1 N–H and O–H groups in total. The predicted molar refractivity (Wildman–Crippen MR) is 76.3 cm³/mol. The Morgan fingerprint density at radius 3 is 2.85 bits per heavy atom. The van der Waals surface area contributed by atoms with Crippen LogP contribution in [0.2, 0.25) is 5.02 Å². The fourth-order valence-corrected chi connectivity index (χ4v) is 2.34. The molecule has 5 heteroatoms. The number of likely N-dealkylation sites (tertiary alicyclic amines) is 1. The highest BCUT2D eigenvalue weighted by atomic mass is 35.5. The van der Waals surface area contributed by atoms with E-state index in [9.17, 15) is 9.90 Å². The third kappa shape index (κ3) is 3.73. The lowest BCUT2D eigenvalue weighted by molar-refractivity contribution is -0.145. The first-order valence-electron chi connectivity index (χ1n) is 6.34. The number of aliphatic hydroxyl groups excluding tert-OH is 1. The molecule has 0 radical (unpaired) electrons. The maximum atomic E-state index is 11.6. The van der Waals surface area contributed by atoms with Crippen molar-refractivity contribution < 1.29 is 14.6 Å². The molecule has 1 aromatic carbocycles. The molecule has 0 aliphatic carbocycles. The van der Waals surface area contributed by atoms with Crippen LogP contribution in [0.1, 0.15) is 12.0 Å². The number of rotatable bonds is 2. The minimum atomic E-state index is -0.503. The Balaban J connectivity index is 1.99. The third-order valence-electron chi connectivity index (χ3n) is 3.21. The summed E-state index contributed by atoms with van der Waals surface area (Å²) >= 11 is 5.80. The average Bonchev–Trinajstić information content (AvgIpc) is 2.81. The molecular weight excluding hydrogens is 278 g/mol. The van der Waals surface area contributed by atoms with Gasteiger partial charge in [0.05, 0.1) is 19.8 Å². The molecule has 1 aliphatic rings. The molecule has 4 nitrogen and oxygen atoms in total. The van der Waals surface area contributed by atoms with E-state index in [1.807, 2.05) is 17.0 Å². The highest BCUT2D eigenvalue weighted by Crippen LogP contribution is 2.18. The summed E-state index contributed by atoms with van der Waals surface area (Å²) in [6, 6.07) is 6.83. The number of carbonyl (C=O) groups is 1. The van der Waals surface area contributed by atoms with Crippen LogP contribution in [0.25, 0.3) is 0 Å². The number of hydrogen-bond acceptors (Lipinski definition) is 4. The fourth-order valence-electron chi connectivity index (χ4n) is 2.21. The number of hydrogen-bond donors (Lipinski definition) is 1. The van der Waals surface area contributed by atoms with Crippen molar-refractivity contribution in [2.24, 2.45) is 0 Å². The van der Waals surface area contributed by atoms with Crippen LogP contribution in [0.4, 0.5) is 0 Å². The number of nitrogens with zero attached hydrogens (tertiary/aromatic N) is 1. The summed E-state index contributed by atoms with van der Waals surface area (Å²) in [5.41, 5.74) is 0.865. The summed E-state index contributed by atoms with van der Waals surface area (Å²) < 4.78 is 4.74. The lowest BCUT2D eigenvalue weighted by Crippen LogP contribution is -2.37. The molecule has 1 fully saturated rings. The maximum absolute atomic E-state index is 11.6. The van der Waals surface area contributed by atoms with Crippen molar-refractivity contribution in [3.05, 3.63) is 34.9 Å². The Hall–Kier alpha value is -1.54. The first kappa shape index (κ1) is 14.9. The molecule has 0 unspecified atom stereocenters. The largest absolute Gasteiger partial charge is 0.468 e. The first-order chi connectivity index (χ1) is 9.60. The summed E-state index contributed by atoms with van der Waals surface area (Å²) in [5.74, 6) is 5.69. The van der Waals surface area contributed by atoms with Crippen molar-refractivity contribution >= 4 is 17.6 Å². The lowest BCUT2D eigenvalue weighted by atomic mass is 10.2. The molecule has 2 rings (SSSR count). The van der Waals surface area contributed by atoms with Gasteiger partial charge in [0.1, 0.15) is 6.04 Å². The molecule has 2 atom stereocenters. The quantitative estimate of drug-likeness (QED) is 0.660. The third-order valence-corrected chi connectivity index (χ3v) is 3.47. The van der Waals surface area contributed by atoms with Gasteiger partial charge in [0, 0.05) is 23.6 Å². The van der Waals surface area contributed by atoms with Gasteiger partial charge < -0.3 is 9.84 Å². The minimum absolute atomic E-state index is 0.324. The zero-order valence-corrected chi connectivity index (χ0v) is 11.9. The van der Waals surface area contributed by atoms with Crippen LogP contribution in [-0.2, 0) is 9.53 Å². The van der Waals surface area contributed by atoms with Crippen molar-refractivity contribution in [3.8, 4) is 11.8 Å². The van der Waals surface area contributed by atoms with Gasteiger partial charge in [-0.05, 0) is 24.3 Å². The molecular formula is C15H16ClNO3. The van der Waals surface area contributed by atoms with Crippen LogP contribution in [0.5, 0.6) is 0 Å². The molecule has 1 heterocycles. The van der Waals surface area contributed by atoms with Crippen molar-refractivity contribution in [3.63, 3.8) is 0 Å². The number of benzene rings is 1. The van der Waals surface area contributed by atoms with Crippen LogP contribution >= 0.6 is 11.6 Å².